The van der Waals surface area contributed by atoms with Crippen LogP contribution in [0, 0.1) is 0 Å². The minimum atomic E-state index is 0.508. The Bertz CT molecular complexity index is 2920. The predicted octanol–water partition coefficient (Wildman–Crippen LogP) is 11.6. The predicted molar refractivity (Wildman–Crippen MR) is 219 cm³/mol. The van der Waals surface area contributed by atoms with E-state index >= 15 is 0 Å². The molecule has 0 bridgehead atoms. The SMILES string of the molecule is c1ccc(-c2nc(-c3ccccc3)nc(-c3ccccc3-c3nc(-c4ccccc4)nc(-c4ccccc4-c4ccc5oc6ccccc6c5c4)n3)n2)cc1. The second-order valence-corrected chi connectivity index (χ2v) is 13.1. The maximum absolute atomic E-state index is 6.15. The Morgan fingerprint density at radius 1 is 0.255 bits per heavy atom. The van der Waals surface area contributed by atoms with Crippen LogP contribution in [-0.4, -0.2) is 29.9 Å². The van der Waals surface area contributed by atoms with Crippen molar-refractivity contribution in [1.29, 1.82) is 0 Å². The van der Waals surface area contributed by atoms with Crippen LogP contribution in [0.5, 0.6) is 0 Å². The lowest BCUT2D eigenvalue weighted by Gasteiger charge is -2.14. The number of para-hydroxylation sites is 1. The van der Waals surface area contributed by atoms with Gasteiger partial charge in [-0.15, -0.1) is 0 Å². The first-order chi connectivity index (χ1) is 27.2. The molecule has 7 nitrogen and oxygen atoms in total. The van der Waals surface area contributed by atoms with Crippen molar-refractivity contribution in [2.75, 3.05) is 0 Å². The lowest BCUT2D eigenvalue weighted by Crippen LogP contribution is -2.04. The topological polar surface area (TPSA) is 90.5 Å². The van der Waals surface area contributed by atoms with Crippen molar-refractivity contribution in [1.82, 2.24) is 29.9 Å². The summed E-state index contributed by atoms with van der Waals surface area (Å²) in [5.74, 6) is 3.30. The first-order valence-corrected chi connectivity index (χ1v) is 18.0. The Kier molecular flexibility index (Phi) is 8.00. The number of furan rings is 1. The van der Waals surface area contributed by atoms with E-state index in [1.165, 1.54) is 0 Å². The van der Waals surface area contributed by atoms with Crippen LogP contribution < -0.4 is 0 Å². The van der Waals surface area contributed by atoms with Crippen molar-refractivity contribution >= 4 is 21.9 Å². The van der Waals surface area contributed by atoms with Gasteiger partial charge in [0.15, 0.2) is 34.9 Å². The van der Waals surface area contributed by atoms with Crippen LogP contribution in [0.25, 0.3) is 101 Å². The zero-order chi connectivity index (χ0) is 36.6. The molecule has 258 valence electrons. The first kappa shape index (κ1) is 32.0. The zero-order valence-corrected chi connectivity index (χ0v) is 29.4. The second-order valence-electron chi connectivity index (χ2n) is 13.1. The number of benzene rings is 7. The molecule has 0 aliphatic carbocycles. The lowest BCUT2D eigenvalue weighted by molar-refractivity contribution is 0.669. The number of rotatable bonds is 7. The fraction of sp³-hybridized carbons (Fsp3) is 0. The quantitative estimate of drug-likeness (QED) is 0.163. The van der Waals surface area contributed by atoms with Crippen LogP contribution in [-0.2, 0) is 0 Å². The molecule has 0 N–H and O–H groups in total. The van der Waals surface area contributed by atoms with Gasteiger partial charge in [0.25, 0.3) is 0 Å². The van der Waals surface area contributed by atoms with E-state index < -0.39 is 0 Å². The monoisotopic (exact) mass is 706 g/mol. The molecular formula is C48H30N6O. The van der Waals surface area contributed by atoms with Crippen molar-refractivity contribution in [3.63, 3.8) is 0 Å². The van der Waals surface area contributed by atoms with Crippen LogP contribution in [0.2, 0.25) is 0 Å². The smallest absolute Gasteiger partial charge is 0.164 e. The zero-order valence-electron chi connectivity index (χ0n) is 29.4. The van der Waals surface area contributed by atoms with E-state index in [9.17, 15) is 0 Å². The molecule has 0 atom stereocenters. The van der Waals surface area contributed by atoms with Gasteiger partial charge >= 0.3 is 0 Å². The molecule has 55 heavy (non-hydrogen) atoms. The average molecular weight is 707 g/mol. The van der Waals surface area contributed by atoms with E-state index in [4.69, 9.17) is 34.3 Å². The molecule has 3 heterocycles. The highest BCUT2D eigenvalue weighted by atomic mass is 16.3. The molecule has 0 spiro atoms. The van der Waals surface area contributed by atoms with Crippen molar-refractivity contribution in [2.24, 2.45) is 0 Å². The summed E-state index contributed by atoms with van der Waals surface area (Å²) < 4.78 is 6.15. The highest BCUT2D eigenvalue weighted by molar-refractivity contribution is 6.06. The average Bonchev–Trinajstić information content (AvgIpc) is 3.65. The molecular weight excluding hydrogens is 677 g/mol. The molecule has 0 fully saturated rings. The van der Waals surface area contributed by atoms with Gasteiger partial charge in [0, 0.05) is 44.2 Å². The van der Waals surface area contributed by atoms with Gasteiger partial charge in [-0.25, -0.2) is 29.9 Å². The van der Waals surface area contributed by atoms with Crippen LogP contribution in [0.1, 0.15) is 0 Å². The molecule has 0 aliphatic rings. The Hall–Kier alpha value is -7.64. The summed E-state index contributed by atoms with van der Waals surface area (Å²) in [4.78, 5) is 30.4. The van der Waals surface area contributed by atoms with Gasteiger partial charge in [0.1, 0.15) is 11.2 Å². The third kappa shape index (κ3) is 6.09. The van der Waals surface area contributed by atoms with E-state index in [1.807, 2.05) is 152 Å². The minimum absolute atomic E-state index is 0.508. The Labute approximate surface area is 316 Å². The van der Waals surface area contributed by atoms with E-state index in [1.54, 1.807) is 0 Å². The maximum atomic E-state index is 6.15. The van der Waals surface area contributed by atoms with Crippen molar-refractivity contribution in [3.05, 3.63) is 182 Å². The molecule has 0 saturated carbocycles. The first-order valence-electron chi connectivity index (χ1n) is 18.0. The fourth-order valence-corrected chi connectivity index (χ4v) is 6.96. The number of aromatic nitrogens is 6. The van der Waals surface area contributed by atoms with Gasteiger partial charge in [-0.3, -0.25) is 0 Å². The molecule has 0 radical (unpaired) electrons. The summed E-state index contributed by atoms with van der Waals surface area (Å²) in [5.41, 5.74) is 8.84. The minimum Gasteiger partial charge on any atom is -0.456 e. The van der Waals surface area contributed by atoms with Crippen LogP contribution in [0.4, 0.5) is 0 Å². The standard InChI is InChI=1S/C48H30N6O/c1-4-16-31(17-5-1)43-49-44(32-18-6-2-7-19-32)51-47(50-43)38-25-12-13-26-39(38)48-53-45(33-20-8-3-9-21-33)52-46(54-48)37-24-11-10-22-35(37)34-28-29-42-40(30-34)36-23-14-15-27-41(36)55-42/h1-30H. The normalized spacial score (nSPS) is 11.3. The Morgan fingerprint density at radius 2 is 0.618 bits per heavy atom. The largest absolute Gasteiger partial charge is 0.456 e. The molecule has 0 saturated heterocycles. The third-order valence-corrected chi connectivity index (χ3v) is 9.63. The van der Waals surface area contributed by atoms with Gasteiger partial charge in [-0.1, -0.05) is 164 Å². The number of hydrogen-bond acceptors (Lipinski definition) is 7. The molecule has 0 amide bonds. The van der Waals surface area contributed by atoms with Gasteiger partial charge < -0.3 is 4.42 Å². The molecule has 10 aromatic rings. The van der Waals surface area contributed by atoms with Crippen LogP contribution in [0.3, 0.4) is 0 Å². The number of nitrogens with zero attached hydrogens (tertiary/aromatic N) is 6. The van der Waals surface area contributed by atoms with Crippen LogP contribution in [0.15, 0.2) is 186 Å². The van der Waals surface area contributed by atoms with Crippen molar-refractivity contribution < 1.29 is 4.42 Å². The summed E-state index contributed by atoms with van der Waals surface area (Å²) in [6.07, 6.45) is 0. The maximum Gasteiger partial charge on any atom is 0.164 e. The van der Waals surface area contributed by atoms with Gasteiger partial charge in [0.2, 0.25) is 0 Å². The molecule has 3 aromatic heterocycles. The Morgan fingerprint density at radius 3 is 1.13 bits per heavy atom. The van der Waals surface area contributed by atoms with Crippen molar-refractivity contribution in [3.8, 4) is 79.5 Å². The van der Waals surface area contributed by atoms with E-state index in [0.717, 1.165) is 66.4 Å². The highest BCUT2D eigenvalue weighted by Gasteiger charge is 2.20. The van der Waals surface area contributed by atoms with E-state index in [2.05, 4.69) is 30.3 Å². The summed E-state index contributed by atoms with van der Waals surface area (Å²) in [6.45, 7) is 0. The van der Waals surface area contributed by atoms with Gasteiger partial charge in [0.05, 0.1) is 0 Å². The number of fused-ring (bicyclic) bond motifs is 3. The molecule has 7 heteroatoms. The van der Waals surface area contributed by atoms with Crippen LogP contribution >= 0.6 is 0 Å². The third-order valence-electron chi connectivity index (χ3n) is 9.63. The van der Waals surface area contributed by atoms with E-state index in [-0.39, 0.29) is 0 Å². The lowest BCUT2D eigenvalue weighted by atomic mass is 9.97. The summed E-state index contributed by atoms with van der Waals surface area (Å²) in [6, 6.07) is 60.6. The molecule has 7 aromatic carbocycles. The highest BCUT2D eigenvalue weighted by Crippen LogP contribution is 2.38. The van der Waals surface area contributed by atoms with Gasteiger partial charge in [-0.05, 0) is 29.3 Å². The van der Waals surface area contributed by atoms with E-state index in [0.29, 0.717) is 34.9 Å². The summed E-state index contributed by atoms with van der Waals surface area (Å²) >= 11 is 0. The number of hydrogen-bond donors (Lipinski definition) is 0. The molecule has 0 unspecified atom stereocenters. The second kappa shape index (κ2) is 13.7. The van der Waals surface area contributed by atoms with Crippen molar-refractivity contribution in [2.45, 2.75) is 0 Å². The summed E-state index contributed by atoms with van der Waals surface area (Å²) in [7, 11) is 0. The summed E-state index contributed by atoms with van der Waals surface area (Å²) in [5, 5.41) is 2.13. The molecule has 0 aliphatic heterocycles. The fourth-order valence-electron chi connectivity index (χ4n) is 6.96. The molecule has 10 rings (SSSR count). The van der Waals surface area contributed by atoms with Gasteiger partial charge in [-0.2, -0.15) is 0 Å². The Balaban J connectivity index is 1.17.